The fourth-order valence-corrected chi connectivity index (χ4v) is 5.56. The Hall–Kier alpha value is -3.83. The minimum atomic E-state index is -4.44. The van der Waals surface area contributed by atoms with Gasteiger partial charge in [-0.3, -0.25) is 19.2 Å². The first-order valence-electron chi connectivity index (χ1n) is 12.6. The Morgan fingerprint density at radius 2 is 1.80 bits per heavy atom. The largest absolute Gasteiger partial charge is 0.495 e. The molecule has 3 aromatic carbocycles. The number of aryl methyl sites for hydroxylation is 2. The predicted octanol–water partition coefficient (Wildman–Crippen LogP) is 5.30. The van der Waals surface area contributed by atoms with E-state index in [2.05, 4.69) is 5.32 Å². The highest BCUT2D eigenvalue weighted by molar-refractivity contribution is 7.92. The average molecular weight is 590 g/mol. The van der Waals surface area contributed by atoms with Gasteiger partial charge in [0.25, 0.3) is 15.7 Å². The van der Waals surface area contributed by atoms with Crippen LogP contribution in [0.4, 0.5) is 11.4 Å². The summed E-state index contributed by atoms with van der Waals surface area (Å²) in [6, 6.07) is 15.6. The van der Waals surface area contributed by atoms with E-state index in [9.17, 15) is 23.3 Å². The molecule has 40 heavy (non-hydrogen) atoms. The number of nitro benzene ring substituents is 1. The number of halogens is 1. The molecule has 214 valence electrons. The van der Waals surface area contributed by atoms with E-state index in [0.29, 0.717) is 24.9 Å². The van der Waals surface area contributed by atoms with E-state index in [0.717, 1.165) is 21.7 Å². The van der Waals surface area contributed by atoms with Crippen LogP contribution in [0, 0.1) is 17.0 Å². The molecule has 0 atom stereocenters. The fraction of sp³-hybridized carbons (Fsp3) is 0.321. The van der Waals surface area contributed by atoms with Gasteiger partial charge < -0.3 is 14.8 Å². The molecule has 0 aliphatic carbocycles. The second-order valence-corrected chi connectivity index (χ2v) is 11.6. The van der Waals surface area contributed by atoms with Gasteiger partial charge in [0.2, 0.25) is 5.91 Å². The first-order chi connectivity index (χ1) is 18.9. The standard InChI is InChI=1S/C28H32ClN3O7S/c1-19(2)39-23-11-8-21(9-12-23)6-5-15-30-28(33)18-31(26-16-22(29)10-14-27(26)38-4)40(36,37)24-13-7-20(3)25(17-24)32(34)35/h7-14,16-17,19H,5-6,15,18H2,1-4H3,(H,30,33). The van der Waals surface area contributed by atoms with Gasteiger partial charge in [0.05, 0.1) is 28.7 Å². The number of hydrogen-bond acceptors (Lipinski definition) is 7. The van der Waals surface area contributed by atoms with E-state index in [-0.39, 0.29) is 33.1 Å². The third-order valence-corrected chi connectivity index (χ3v) is 7.91. The highest BCUT2D eigenvalue weighted by Crippen LogP contribution is 2.35. The van der Waals surface area contributed by atoms with Crippen LogP contribution in [0.15, 0.2) is 65.6 Å². The molecule has 0 unspecified atom stereocenters. The summed E-state index contributed by atoms with van der Waals surface area (Å²) in [4.78, 5) is 23.4. The molecule has 0 aliphatic heterocycles. The number of amides is 1. The summed E-state index contributed by atoms with van der Waals surface area (Å²) in [7, 11) is -3.08. The number of benzene rings is 3. The van der Waals surface area contributed by atoms with Gasteiger partial charge in [-0.15, -0.1) is 0 Å². The number of anilines is 1. The number of nitrogens with zero attached hydrogens (tertiary/aromatic N) is 2. The van der Waals surface area contributed by atoms with Gasteiger partial charge in [-0.1, -0.05) is 29.8 Å². The van der Waals surface area contributed by atoms with Crippen LogP contribution in [0.1, 0.15) is 31.4 Å². The smallest absolute Gasteiger partial charge is 0.273 e. The summed E-state index contributed by atoms with van der Waals surface area (Å²) < 4.78 is 39.3. The molecule has 0 fully saturated rings. The first kappa shape index (κ1) is 30.7. The van der Waals surface area contributed by atoms with Crippen molar-refractivity contribution in [3.05, 3.63) is 86.9 Å². The number of rotatable bonds is 13. The Kier molecular flexibility index (Phi) is 10.4. The number of nitrogens with one attached hydrogen (secondary N) is 1. The second-order valence-electron chi connectivity index (χ2n) is 9.30. The third-order valence-electron chi connectivity index (χ3n) is 5.92. The summed E-state index contributed by atoms with van der Waals surface area (Å²) in [6.45, 7) is 5.13. The van der Waals surface area contributed by atoms with E-state index < -0.39 is 27.4 Å². The molecule has 3 rings (SSSR count). The van der Waals surface area contributed by atoms with Crippen LogP contribution in [0.5, 0.6) is 11.5 Å². The lowest BCUT2D eigenvalue weighted by Crippen LogP contribution is -2.41. The van der Waals surface area contributed by atoms with Crippen LogP contribution in [-0.2, 0) is 21.2 Å². The molecule has 1 N–H and O–H groups in total. The Morgan fingerprint density at radius 3 is 2.42 bits per heavy atom. The van der Waals surface area contributed by atoms with Crippen molar-refractivity contribution in [3.8, 4) is 11.5 Å². The SMILES string of the molecule is COc1ccc(Cl)cc1N(CC(=O)NCCCc1ccc(OC(C)C)cc1)S(=O)(=O)c1ccc(C)c([N+](=O)[O-])c1. The van der Waals surface area contributed by atoms with E-state index in [1.54, 1.807) is 0 Å². The summed E-state index contributed by atoms with van der Waals surface area (Å²) in [6.07, 6.45) is 1.39. The topological polar surface area (TPSA) is 128 Å². The van der Waals surface area contributed by atoms with Crippen molar-refractivity contribution in [3.63, 3.8) is 0 Å². The predicted molar refractivity (Wildman–Crippen MR) is 154 cm³/mol. The van der Waals surface area contributed by atoms with Crippen molar-refractivity contribution in [2.24, 2.45) is 0 Å². The Balaban J connectivity index is 1.79. The molecule has 0 bridgehead atoms. The molecule has 1 amide bonds. The maximum absolute atomic E-state index is 13.8. The van der Waals surface area contributed by atoms with Gasteiger partial charge in [0.1, 0.15) is 18.0 Å². The van der Waals surface area contributed by atoms with Gasteiger partial charge in [-0.05, 0) is 75.6 Å². The van der Waals surface area contributed by atoms with E-state index in [4.69, 9.17) is 21.1 Å². The monoisotopic (exact) mass is 589 g/mol. The highest BCUT2D eigenvalue weighted by atomic mass is 35.5. The summed E-state index contributed by atoms with van der Waals surface area (Å²) in [5, 5.41) is 14.4. The van der Waals surface area contributed by atoms with Crippen LogP contribution in [0.25, 0.3) is 0 Å². The van der Waals surface area contributed by atoms with Gasteiger partial charge in [-0.2, -0.15) is 0 Å². The number of sulfonamides is 1. The van der Waals surface area contributed by atoms with Gasteiger partial charge >= 0.3 is 0 Å². The fourth-order valence-electron chi connectivity index (χ4n) is 3.94. The van der Waals surface area contributed by atoms with Crippen LogP contribution in [0.3, 0.4) is 0 Å². The number of nitro groups is 1. The lowest BCUT2D eigenvalue weighted by Gasteiger charge is -2.26. The van der Waals surface area contributed by atoms with Crippen molar-refractivity contribution in [1.82, 2.24) is 5.32 Å². The van der Waals surface area contributed by atoms with Crippen molar-refractivity contribution in [2.45, 2.75) is 44.6 Å². The van der Waals surface area contributed by atoms with Crippen molar-refractivity contribution < 1.29 is 27.6 Å². The molecule has 0 spiro atoms. The summed E-state index contributed by atoms with van der Waals surface area (Å²) in [5.41, 5.74) is 1.04. The van der Waals surface area contributed by atoms with Crippen LogP contribution in [-0.4, -0.2) is 45.6 Å². The second kappa shape index (κ2) is 13.5. The van der Waals surface area contributed by atoms with Crippen LogP contribution in [0.2, 0.25) is 5.02 Å². The molecule has 10 nitrogen and oxygen atoms in total. The van der Waals surface area contributed by atoms with Crippen LogP contribution >= 0.6 is 11.6 Å². The normalized spacial score (nSPS) is 11.2. The number of ether oxygens (including phenoxy) is 2. The zero-order valence-electron chi connectivity index (χ0n) is 22.7. The Bertz CT molecular complexity index is 1460. The number of carbonyl (C=O) groups excluding carboxylic acids is 1. The molecule has 0 radical (unpaired) electrons. The van der Waals surface area contributed by atoms with Gasteiger partial charge in [0, 0.05) is 23.2 Å². The first-order valence-corrected chi connectivity index (χ1v) is 14.4. The maximum atomic E-state index is 13.8. The van der Waals surface area contributed by atoms with E-state index >= 15 is 0 Å². The lowest BCUT2D eigenvalue weighted by atomic mass is 10.1. The third kappa shape index (κ3) is 7.86. The molecule has 12 heteroatoms. The minimum absolute atomic E-state index is 0.0251. The maximum Gasteiger partial charge on any atom is 0.273 e. The number of hydrogen-bond donors (Lipinski definition) is 1. The molecule has 0 saturated carbocycles. The highest BCUT2D eigenvalue weighted by Gasteiger charge is 2.31. The van der Waals surface area contributed by atoms with Crippen molar-refractivity contribution in [2.75, 3.05) is 24.5 Å². The minimum Gasteiger partial charge on any atom is -0.495 e. The van der Waals surface area contributed by atoms with Gasteiger partial charge in [0.15, 0.2) is 0 Å². The Labute approximate surface area is 239 Å². The zero-order chi connectivity index (χ0) is 29.4. The molecule has 0 aliphatic rings. The molecule has 3 aromatic rings. The van der Waals surface area contributed by atoms with E-state index in [1.807, 2.05) is 38.1 Å². The van der Waals surface area contributed by atoms with Crippen LogP contribution < -0.4 is 19.1 Å². The van der Waals surface area contributed by atoms with Crippen molar-refractivity contribution >= 4 is 38.9 Å². The van der Waals surface area contributed by atoms with Gasteiger partial charge in [-0.25, -0.2) is 8.42 Å². The summed E-state index contributed by atoms with van der Waals surface area (Å²) >= 11 is 6.16. The summed E-state index contributed by atoms with van der Waals surface area (Å²) in [5.74, 6) is 0.379. The average Bonchev–Trinajstić information content (AvgIpc) is 2.90. The molecular weight excluding hydrogens is 558 g/mol. The Morgan fingerprint density at radius 1 is 1.10 bits per heavy atom. The van der Waals surface area contributed by atoms with E-state index in [1.165, 1.54) is 44.4 Å². The van der Waals surface area contributed by atoms with Crippen molar-refractivity contribution in [1.29, 1.82) is 0 Å². The quantitative estimate of drug-likeness (QED) is 0.163. The molecule has 0 aromatic heterocycles. The molecule has 0 saturated heterocycles. The molecular formula is C28H32ClN3O7S. The number of methoxy groups -OCH3 is 1. The molecule has 0 heterocycles. The zero-order valence-corrected chi connectivity index (χ0v) is 24.3. The number of carbonyl (C=O) groups is 1. The lowest BCUT2D eigenvalue weighted by molar-refractivity contribution is -0.385.